The summed E-state index contributed by atoms with van der Waals surface area (Å²) in [5.74, 6) is -0.738. The van der Waals surface area contributed by atoms with E-state index in [0.29, 0.717) is 24.3 Å². The molecule has 0 aliphatic carbocycles. The number of rotatable bonds is 12. The summed E-state index contributed by atoms with van der Waals surface area (Å²) in [7, 11) is 0. The molecule has 1 fully saturated rings. The molecule has 0 spiro atoms. The van der Waals surface area contributed by atoms with E-state index in [1.54, 1.807) is 17.8 Å². The molecule has 8 heteroatoms. The van der Waals surface area contributed by atoms with Crippen molar-refractivity contribution >= 4 is 23.6 Å². The number of piperidine rings is 1. The summed E-state index contributed by atoms with van der Waals surface area (Å²) in [4.78, 5) is 27.5. The maximum absolute atomic E-state index is 13.3. The molecule has 206 valence electrons. The predicted octanol–water partition coefficient (Wildman–Crippen LogP) is 2.78. The zero-order valence-electron chi connectivity index (χ0n) is 23.8. The van der Waals surface area contributed by atoms with Crippen LogP contribution in [0.25, 0.3) is 11.1 Å². The Morgan fingerprint density at radius 2 is 1.70 bits per heavy atom. The molecule has 2 N–H and O–H groups in total. The Hall–Kier alpha value is -2.53. The normalized spacial score (nSPS) is 14.8. The molecule has 6 nitrogen and oxygen atoms in total. The minimum absolute atomic E-state index is 0. The van der Waals surface area contributed by atoms with E-state index in [1.807, 2.05) is 55.6 Å². The van der Waals surface area contributed by atoms with Gasteiger partial charge in [0.1, 0.15) is 6.04 Å². The number of carboxylic acid groups (broad SMARTS) is 1. The smallest absolute Gasteiger partial charge is 0.480 e. The van der Waals surface area contributed by atoms with Gasteiger partial charge in [-0.05, 0) is 78.1 Å². The molecular formula is C32H38LiN2O4S+. The van der Waals surface area contributed by atoms with Crippen LogP contribution in [-0.4, -0.2) is 59.1 Å². The second-order valence-electron chi connectivity index (χ2n) is 10.1. The van der Waals surface area contributed by atoms with E-state index in [9.17, 15) is 14.7 Å². The van der Waals surface area contributed by atoms with E-state index in [4.69, 9.17) is 4.74 Å². The van der Waals surface area contributed by atoms with Gasteiger partial charge in [-0.3, -0.25) is 9.69 Å². The number of amides is 1. The van der Waals surface area contributed by atoms with Gasteiger partial charge in [-0.2, -0.15) is 11.8 Å². The standard InChI is InChI=1S/C32H38N2O4S.Li/c1-23-8-6-7-11-27(23)29-20-25(12-13-28(29)31(35)33-30(32(36)37)16-19-39-2)22-38-26-14-17-34(18-15-26)21-24-9-4-3-5-10-24;/h3-13,20,26,30H,14-19,21-22H2,1-2H3,(H,33,35)(H,36,37);/q;+1. The van der Waals surface area contributed by atoms with Gasteiger partial charge in [-0.1, -0.05) is 60.7 Å². The fraction of sp³-hybridized carbons (Fsp3) is 0.375. The van der Waals surface area contributed by atoms with Crippen LogP contribution < -0.4 is 24.2 Å². The monoisotopic (exact) mass is 553 g/mol. The van der Waals surface area contributed by atoms with Crippen LogP contribution in [0.4, 0.5) is 0 Å². The van der Waals surface area contributed by atoms with Gasteiger partial charge in [0.05, 0.1) is 12.7 Å². The maximum atomic E-state index is 13.3. The summed E-state index contributed by atoms with van der Waals surface area (Å²) in [5.41, 5.74) is 5.59. The second-order valence-corrected chi connectivity index (χ2v) is 11.1. The van der Waals surface area contributed by atoms with Crippen LogP contribution in [0.5, 0.6) is 0 Å². The third kappa shape index (κ3) is 8.99. The Balaban J connectivity index is 0.00000441. The van der Waals surface area contributed by atoms with Gasteiger partial charge < -0.3 is 15.2 Å². The molecule has 1 atom stereocenters. The number of aryl methyl sites for hydroxylation is 1. The number of aliphatic carboxylic acids is 1. The molecule has 1 saturated heterocycles. The van der Waals surface area contributed by atoms with E-state index < -0.39 is 12.0 Å². The minimum Gasteiger partial charge on any atom is -0.480 e. The first-order chi connectivity index (χ1) is 18.9. The zero-order valence-corrected chi connectivity index (χ0v) is 24.6. The Labute approximate surface area is 254 Å². The van der Waals surface area contributed by atoms with Gasteiger partial charge in [0, 0.05) is 25.2 Å². The van der Waals surface area contributed by atoms with Gasteiger partial charge in [0.15, 0.2) is 0 Å². The number of carboxylic acids is 1. The molecule has 1 heterocycles. The van der Waals surface area contributed by atoms with Crippen molar-refractivity contribution in [3.8, 4) is 11.1 Å². The molecule has 1 aliphatic rings. The van der Waals surface area contributed by atoms with Crippen molar-refractivity contribution in [3.05, 3.63) is 95.1 Å². The van der Waals surface area contributed by atoms with Crippen LogP contribution in [0.1, 0.15) is 46.3 Å². The minimum atomic E-state index is -1.02. The number of hydrogen-bond acceptors (Lipinski definition) is 5. The first kappa shape index (κ1) is 32.0. The quantitative estimate of drug-likeness (QED) is 0.336. The number of thioether (sulfide) groups is 1. The van der Waals surface area contributed by atoms with Crippen molar-refractivity contribution < 1.29 is 38.3 Å². The van der Waals surface area contributed by atoms with Crippen molar-refractivity contribution in [1.29, 1.82) is 0 Å². The van der Waals surface area contributed by atoms with Gasteiger partial charge >= 0.3 is 24.8 Å². The summed E-state index contributed by atoms with van der Waals surface area (Å²) in [6, 6.07) is 23.3. The third-order valence-electron chi connectivity index (χ3n) is 7.25. The van der Waals surface area contributed by atoms with E-state index in [0.717, 1.165) is 54.7 Å². The zero-order chi connectivity index (χ0) is 27.6. The number of ether oxygens (including phenoxy) is 1. The van der Waals surface area contributed by atoms with Gasteiger partial charge in [0.25, 0.3) is 5.91 Å². The number of carbonyl (C=O) groups is 2. The molecule has 4 rings (SSSR count). The Bertz CT molecular complexity index is 1250. The summed E-state index contributed by atoms with van der Waals surface area (Å²) < 4.78 is 6.32. The summed E-state index contributed by atoms with van der Waals surface area (Å²) in [5, 5.41) is 12.3. The SMILES string of the molecule is CSCCC(NC(=O)c1ccc(COC2CCN(Cc3ccccc3)CC2)cc1-c1ccccc1C)C(=O)O.[Li+]. The second kappa shape index (κ2) is 16.0. The predicted molar refractivity (Wildman–Crippen MR) is 158 cm³/mol. The number of benzene rings is 3. The average molecular weight is 554 g/mol. The molecule has 1 amide bonds. The first-order valence-electron chi connectivity index (χ1n) is 13.5. The molecule has 0 bridgehead atoms. The van der Waals surface area contributed by atoms with Crippen molar-refractivity contribution in [2.75, 3.05) is 25.1 Å². The topological polar surface area (TPSA) is 78.9 Å². The average Bonchev–Trinajstić information content (AvgIpc) is 2.95. The van der Waals surface area contributed by atoms with Gasteiger partial charge in [0.2, 0.25) is 0 Å². The van der Waals surface area contributed by atoms with Gasteiger partial charge in [-0.25, -0.2) is 4.79 Å². The van der Waals surface area contributed by atoms with Crippen molar-refractivity contribution in [3.63, 3.8) is 0 Å². The largest absolute Gasteiger partial charge is 1.00 e. The van der Waals surface area contributed by atoms with Crippen LogP contribution in [0.15, 0.2) is 72.8 Å². The van der Waals surface area contributed by atoms with E-state index in [2.05, 4.69) is 34.5 Å². The molecule has 40 heavy (non-hydrogen) atoms. The van der Waals surface area contributed by atoms with Crippen LogP contribution in [0, 0.1) is 6.92 Å². The fourth-order valence-electron chi connectivity index (χ4n) is 5.00. The van der Waals surface area contributed by atoms with E-state index in [-0.39, 0.29) is 30.9 Å². The Morgan fingerprint density at radius 1 is 1.00 bits per heavy atom. The number of likely N-dealkylation sites (tertiary alicyclic amines) is 1. The van der Waals surface area contributed by atoms with Gasteiger partial charge in [-0.15, -0.1) is 0 Å². The molecule has 1 unspecified atom stereocenters. The molecule has 0 radical (unpaired) electrons. The molecule has 3 aromatic carbocycles. The van der Waals surface area contributed by atoms with Crippen molar-refractivity contribution in [2.24, 2.45) is 0 Å². The molecule has 3 aromatic rings. The van der Waals surface area contributed by atoms with E-state index >= 15 is 0 Å². The van der Waals surface area contributed by atoms with Crippen LogP contribution in [0.3, 0.4) is 0 Å². The van der Waals surface area contributed by atoms with E-state index in [1.165, 1.54) is 5.56 Å². The summed E-state index contributed by atoms with van der Waals surface area (Å²) >= 11 is 1.56. The Morgan fingerprint density at radius 3 is 2.38 bits per heavy atom. The molecular weight excluding hydrogens is 515 g/mol. The molecule has 1 aliphatic heterocycles. The number of nitrogens with zero attached hydrogens (tertiary/aromatic N) is 1. The number of hydrogen-bond donors (Lipinski definition) is 2. The Kier molecular flexibility index (Phi) is 12.8. The summed E-state index contributed by atoms with van der Waals surface area (Å²) in [6.07, 6.45) is 4.48. The van der Waals surface area contributed by atoms with Crippen LogP contribution in [0.2, 0.25) is 0 Å². The molecule has 0 saturated carbocycles. The number of carbonyl (C=O) groups excluding carboxylic acids is 1. The first-order valence-corrected chi connectivity index (χ1v) is 14.9. The third-order valence-corrected chi connectivity index (χ3v) is 7.89. The maximum Gasteiger partial charge on any atom is 1.00 e. The summed E-state index contributed by atoms with van der Waals surface area (Å²) in [6.45, 7) is 5.47. The van der Waals surface area contributed by atoms with Crippen LogP contribution in [-0.2, 0) is 22.7 Å². The van der Waals surface area contributed by atoms with Crippen LogP contribution >= 0.6 is 11.8 Å². The fourth-order valence-corrected chi connectivity index (χ4v) is 5.47. The van der Waals surface area contributed by atoms with Crippen molar-refractivity contribution in [2.45, 2.75) is 51.5 Å². The number of nitrogens with one attached hydrogen (secondary N) is 1. The molecule has 0 aromatic heterocycles. The van der Waals surface area contributed by atoms with Crippen molar-refractivity contribution in [1.82, 2.24) is 10.2 Å².